The summed E-state index contributed by atoms with van der Waals surface area (Å²) in [5.41, 5.74) is 8.73. The third-order valence-electron chi connectivity index (χ3n) is 5.46. The van der Waals surface area contributed by atoms with Gasteiger partial charge >= 0.3 is 0 Å². The standard InChI is InChI=1S/C19H25N5O2/c1-12(2)15-10-17(26-23-15)19(25)24-9-3-4-16(24)18-14(11-21-22-18)13-5-7-20-8-6-13/h5-8,10,12,14,16,18,21-22H,3-4,9,11H2,1-2H3. The molecular formula is C19H25N5O2. The van der Waals surface area contributed by atoms with Crippen LogP contribution in [0.5, 0.6) is 0 Å². The number of hydrazine groups is 1. The SMILES string of the molecule is CC(C)c1cc(C(=O)N2CCCC2C2NNCC2c2ccncc2)on1. The van der Waals surface area contributed by atoms with Crippen LogP contribution in [-0.2, 0) is 0 Å². The molecule has 2 aromatic rings. The van der Waals surface area contributed by atoms with E-state index >= 15 is 0 Å². The van der Waals surface area contributed by atoms with Gasteiger partial charge in [-0.25, -0.2) is 0 Å². The molecule has 4 rings (SSSR count). The van der Waals surface area contributed by atoms with Crippen molar-refractivity contribution in [3.8, 4) is 0 Å². The molecule has 7 heteroatoms. The topological polar surface area (TPSA) is 83.3 Å². The van der Waals surface area contributed by atoms with E-state index in [1.807, 2.05) is 31.1 Å². The number of carbonyl (C=O) groups is 1. The number of amides is 1. The monoisotopic (exact) mass is 355 g/mol. The van der Waals surface area contributed by atoms with Gasteiger partial charge in [0, 0.05) is 49.6 Å². The van der Waals surface area contributed by atoms with Crippen LogP contribution in [0.4, 0.5) is 0 Å². The second-order valence-electron chi connectivity index (χ2n) is 7.42. The maximum atomic E-state index is 13.0. The van der Waals surface area contributed by atoms with E-state index in [4.69, 9.17) is 4.52 Å². The molecule has 2 aliphatic heterocycles. The second kappa shape index (κ2) is 7.17. The van der Waals surface area contributed by atoms with Crippen LogP contribution < -0.4 is 10.9 Å². The maximum absolute atomic E-state index is 13.0. The van der Waals surface area contributed by atoms with Crippen molar-refractivity contribution in [2.24, 2.45) is 0 Å². The number of carbonyl (C=O) groups excluding carboxylic acids is 1. The number of rotatable bonds is 4. The first-order valence-corrected chi connectivity index (χ1v) is 9.31. The van der Waals surface area contributed by atoms with Gasteiger partial charge in [0.05, 0.1) is 5.69 Å². The molecule has 7 nitrogen and oxygen atoms in total. The predicted octanol–water partition coefficient (Wildman–Crippen LogP) is 2.06. The third-order valence-corrected chi connectivity index (χ3v) is 5.46. The molecule has 0 bridgehead atoms. The second-order valence-corrected chi connectivity index (χ2v) is 7.42. The summed E-state index contributed by atoms with van der Waals surface area (Å²) in [4.78, 5) is 19.1. The van der Waals surface area contributed by atoms with Crippen LogP contribution in [0.15, 0.2) is 35.1 Å². The predicted molar refractivity (Wildman–Crippen MR) is 96.6 cm³/mol. The summed E-state index contributed by atoms with van der Waals surface area (Å²) >= 11 is 0. The number of nitrogens with zero attached hydrogens (tertiary/aromatic N) is 3. The maximum Gasteiger partial charge on any atom is 0.292 e. The summed E-state index contributed by atoms with van der Waals surface area (Å²) in [7, 11) is 0. The lowest BCUT2D eigenvalue weighted by Gasteiger charge is -2.31. The normalized spacial score (nSPS) is 26.0. The van der Waals surface area contributed by atoms with Gasteiger partial charge in [-0.15, -0.1) is 0 Å². The summed E-state index contributed by atoms with van der Waals surface area (Å²) in [6.45, 7) is 5.67. The number of aromatic nitrogens is 2. The van der Waals surface area contributed by atoms with Gasteiger partial charge in [0.1, 0.15) is 0 Å². The van der Waals surface area contributed by atoms with Crippen LogP contribution in [0, 0.1) is 0 Å². The Morgan fingerprint density at radius 1 is 1.35 bits per heavy atom. The van der Waals surface area contributed by atoms with E-state index in [-0.39, 0.29) is 23.9 Å². The van der Waals surface area contributed by atoms with E-state index in [2.05, 4.69) is 33.1 Å². The van der Waals surface area contributed by atoms with Crippen molar-refractivity contribution in [2.45, 2.75) is 50.6 Å². The number of hydrogen-bond acceptors (Lipinski definition) is 6. The van der Waals surface area contributed by atoms with Crippen molar-refractivity contribution < 1.29 is 9.32 Å². The van der Waals surface area contributed by atoms with Gasteiger partial charge < -0.3 is 9.42 Å². The average Bonchev–Trinajstić information content (AvgIpc) is 3.40. The molecule has 2 aromatic heterocycles. The summed E-state index contributed by atoms with van der Waals surface area (Å²) in [5.74, 6) is 0.824. The smallest absolute Gasteiger partial charge is 0.292 e. The molecule has 1 amide bonds. The summed E-state index contributed by atoms with van der Waals surface area (Å²) in [5, 5.41) is 4.04. The molecule has 3 unspecified atom stereocenters. The Labute approximate surface area is 153 Å². The van der Waals surface area contributed by atoms with Gasteiger partial charge in [-0.1, -0.05) is 19.0 Å². The molecule has 138 valence electrons. The zero-order valence-corrected chi connectivity index (χ0v) is 15.2. The van der Waals surface area contributed by atoms with Gasteiger partial charge in [0.25, 0.3) is 5.91 Å². The third kappa shape index (κ3) is 3.12. The molecule has 2 saturated heterocycles. The first kappa shape index (κ1) is 17.2. The lowest BCUT2D eigenvalue weighted by Crippen LogP contribution is -2.49. The Balaban J connectivity index is 1.55. The van der Waals surface area contributed by atoms with Crippen LogP contribution in [0.25, 0.3) is 0 Å². The fourth-order valence-electron chi connectivity index (χ4n) is 4.04. The molecule has 4 heterocycles. The highest BCUT2D eigenvalue weighted by molar-refractivity contribution is 5.92. The number of nitrogens with one attached hydrogen (secondary N) is 2. The Morgan fingerprint density at radius 3 is 2.88 bits per heavy atom. The molecule has 26 heavy (non-hydrogen) atoms. The molecule has 2 aliphatic rings. The van der Waals surface area contributed by atoms with Crippen LogP contribution in [0.1, 0.15) is 60.3 Å². The van der Waals surface area contributed by atoms with Crippen molar-refractivity contribution in [1.29, 1.82) is 0 Å². The fourth-order valence-corrected chi connectivity index (χ4v) is 4.04. The van der Waals surface area contributed by atoms with Crippen LogP contribution in [0.3, 0.4) is 0 Å². The Morgan fingerprint density at radius 2 is 2.15 bits per heavy atom. The molecule has 3 atom stereocenters. The lowest BCUT2D eigenvalue weighted by atomic mass is 9.88. The van der Waals surface area contributed by atoms with Gasteiger partial charge in [-0.05, 0) is 36.5 Å². The van der Waals surface area contributed by atoms with Crippen molar-refractivity contribution in [2.75, 3.05) is 13.1 Å². The van der Waals surface area contributed by atoms with E-state index in [1.165, 1.54) is 5.56 Å². The minimum Gasteiger partial charge on any atom is -0.351 e. The minimum atomic E-state index is -0.0610. The largest absolute Gasteiger partial charge is 0.351 e. The molecule has 0 aliphatic carbocycles. The van der Waals surface area contributed by atoms with E-state index < -0.39 is 0 Å². The Kier molecular flexibility index (Phi) is 4.74. The molecule has 2 N–H and O–H groups in total. The highest BCUT2D eigenvalue weighted by atomic mass is 16.5. The number of pyridine rings is 1. The van der Waals surface area contributed by atoms with Gasteiger partial charge in [-0.3, -0.25) is 20.6 Å². The number of hydrogen-bond donors (Lipinski definition) is 2. The molecule has 2 fully saturated rings. The van der Waals surface area contributed by atoms with Crippen LogP contribution in [-0.4, -0.2) is 46.1 Å². The van der Waals surface area contributed by atoms with Crippen LogP contribution >= 0.6 is 0 Å². The highest BCUT2D eigenvalue weighted by Crippen LogP contribution is 2.32. The molecule has 0 aromatic carbocycles. The van der Waals surface area contributed by atoms with Crippen molar-refractivity contribution in [3.63, 3.8) is 0 Å². The highest BCUT2D eigenvalue weighted by Gasteiger charge is 2.42. The van der Waals surface area contributed by atoms with Crippen molar-refractivity contribution in [1.82, 2.24) is 25.9 Å². The van der Waals surface area contributed by atoms with E-state index in [0.29, 0.717) is 11.7 Å². The van der Waals surface area contributed by atoms with Gasteiger partial charge in [0.15, 0.2) is 0 Å². The molecule has 0 radical (unpaired) electrons. The van der Waals surface area contributed by atoms with Gasteiger partial charge in [0.2, 0.25) is 5.76 Å². The van der Waals surface area contributed by atoms with Crippen LogP contribution in [0.2, 0.25) is 0 Å². The van der Waals surface area contributed by atoms with Gasteiger partial charge in [-0.2, -0.15) is 0 Å². The minimum absolute atomic E-state index is 0.0610. The quantitative estimate of drug-likeness (QED) is 0.873. The molecule has 0 spiro atoms. The molecule has 0 saturated carbocycles. The summed E-state index contributed by atoms with van der Waals surface area (Å²) in [6, 6.07) is 6.18. The van der Waals surface area contributed by atoms with Crippen molar-refractivity contribution in [3.05, 3.63) is 47.6 Å². The zero-order valence-electron chi connectivity index (χ0n) is 15.2. The first-order chi connectivity index (χ1) is 12.6. The summed E-state index contributed by atoms with van der Waals surface area (Å²) < 4.78 is 5.34. The summed E-state index contributed by atoms with van der Waals surface area (Å²) in [6.07, 6.45) is 5.63. The lowest BCUT2D eigenvalue weighted by molar-refractivity contribution is 0.0662. The first-order valence-electron chi connectivity index (χ1n) is 9.31. The fraction of sp³-hybridized carbons (Fsp3) is 0.526. The number of likely N-dealkylation sites (tertiary alicyclic amines) is 1. The zero-order chi connectivity index (χ0) is 18.1. The van der Waals surface area contributed by atoms with E-state index in [1.54, 1.807) is 6.07 Å². The Bertz CT molecular complexity index is 760. The van der Waals surface area contributed by atoms with Crippen molar-refractivity contribution >= 4 is 5.91 Å². The van der Waals surface area contributed by atoms with E-state index in [9.17, 15) is 4.79 Å². The average molecular weight is 355 g/mol. The van der Waals surface area contributed by atoms with E-state index in [0.717, 1.165) is 31.6 Å². The Hall–Kier alpha value is -2.25. The molecular weight excluding hydrogens is 330 g/mol.